The van der Waals surface area contributed by atoms with Gasteiger partial charge in [0.25, 0.3) is 5.95 Å². The second kappa shape index (κ2) is 11.6. The Morgan fingerprint density at radius 3 is 1.84 bits per heavy atom. The van der Waals surface area contributed by atoms with Crippen LogP contribution in [0.5, 0.6) is 11.5 Å². The number of hydrogen-bond acceptors (Lipinski definition) is 6. The van der Waals surface area contributed by atoms with Crippen LogP contribution in [-0.4, -0.2) is 34.4 Å². The molecule has 0 aliphatic rings. The molecular formula is C27H22F9N5O2. The summed E-state index contributed by atoms with van der Waals surface area (Å²) in [4.78, 5) is 2.10. The third-order valence-electron chi connectivity index (χ3n) is 6.29. The maximum atomic E-state index is 13.8. The fourth-order valence-electron chi connectivity index (χ4n) is 4.32. The zero-order valence-corrected chi connectivity index (χ0v) is 22.6. The molecule has 7 nitrogen and oxygen atoms in total. The minimum atomic E-state index is -5.11. The summed E-state index contributed by atoms with van der Waals surface area (Å²) in [6.45, 7) is -1.13. The Morgan fingerprint density at radius 2 is 1.33 bits per heavy atom. The molecule has 0 fully saturated rings. The van der Waals surface area contributed by atoms with Crippen LogP contribution in [0.1, 0.15) is 27.8 Å². The highest BCUT2D eigenvalue weighted by Crippen LogP contribution is 2.40. The molecule has 0 bridgehead atoms. The van der Waals surface area contributed by atoms with E-state index >= 15 is 0 Å². The van der Waals surface area contributed by atoms with Gasteiger partial charge in [-0.25, -0.2) is 0 Å². The number of benzene rings is 3. The molecule has 0 radical (unpaired) electrons. The highest BCUT2D eigenvalue weighted by molar-refractivity contribution is 5.75. The lowest BCUT2D eigenvalue weighted by molar-refractivity contribution is -0.143. The Labute approximate surface area is 238 Å². The van der Waals surface area contributed by atoms with Gasteiger partial charge < -0.3 is 14.4 Å². The fraction of sp³-hybridized carbons (Fsp3) is 0.296. The smallest absolute Gasteiger partial charge is 0.416 e. The monoisotopic (exact) mass is 619 g/mol. The van der Waals surface area contributed by atoms with Gasteiger partial charge >= 0.3 is 18.5 Å². The van der Waals surface area contributed by atoms with Crippen molar-refractivity contribution in [2.75, 3.05) is 19.1 Å². The summed E-state index contributed by atoms with van der Waals surface area (Å²) in [5, 5.41) is 11.5. The van der Waals surface area contributed by atoms with Crippen LogP contribution in [0.25, 0.3) is 11.1 Å². The quantitative estimate of drug-likeness (QED) is 0.195. The molecule has 16 heteroatoms. The van der Waals surface area contributed by atoms with Gasteiger partial charge in [0.15, 0.2) is 0 Å². The largest absolute Gasteiger partial charge is 0.497 e. The number of tetrazole rings is 1. The van der Waals surface area contributed by atoms with Crippen molar-refractivity contribution in [3.8, 4) is 22.6 Å². The number of methoxy groups -OCH3 is 2. The van der Waals surface area contributed by atoms with Crippen molar-refractivity contribution >= 4 is 5.95 Å². The van der Waals surface area contributed by atoms with E-state index in [0.29, 0.717) is 23.4 Å². The third kappa shape index (κ3) is 7.29. The zero-order valence-electron chi connectivity index (χ0n) is 22.6. The van der Waals surface area contributed by atoms with Crippen molar-refractivity contribution in [3.05, 3.63) is 82.4 Å². The van der Waals surface area contributed by atoms with Crippen molar-refractivity contribution in [1.82, 2.24) is 20.2 Å². The molecule has 0 saturated carbocycles. The van der Waals surface area contributed by atoms with Crippen molar-refractivity contribution < 1.29 is 49.0 Å². The van der Waals surface area contributed by atoms with Gasteiger partial charge in [0, 0.05) is 18.7 Å². The van der Waals surface area contributed by atoms with E-state index in [-0.39, 0.29) is 28.9 Å². The van der Waals surface area contributed by atoms with Gasteiger partial charge in [-0.15, -0.1) is 5.10 Å². The summed E-state index contributed by atoms with van der Waals surface area (Å²) in [6, 6.07) is 8.48. The summed E-state index contributed by atoms with van der Waals surface area (Å²) in [5.74, 6) is 0.353. The van der Waals surface area contributed by atoms with E-state index in [4.69, 9.17) is 9.47 Å². The maximum absolute atomic E-state index is 13.8. The summed E-state index contributed by atoms with van der Waals surface area (Å²) < 4.78 is 133. The van der Waals surface area contributed by atoms with Crippen molar-refractivity contribution in [2.45, 2.75) is 31.6 Å². The predicted octanol–water partition coefficient (Wildman–Crippen LogP) is 7.16. The molecule has 0 atom stereocenters. The van der Waals surface area contributed by atoms with Crippen LogP contribution in [0.15, 0.2) is 54.6 Å². The average molecular weight is 619 g/mol. The molecule has 1 aromatic heterocycles. The van der Waals surface area contributed by atoms with Crippen LogP contribution in [0, 0.1) is 0 Å². The first kappa shape index (κ1) is 31.4. The summed E-state index contributed by atoms with van der Waals surface area (Å²) in [5.41, 5.74) is -4.07. The molecule has 0 unspecified atom stereocenters. The van der Waals surface area contributed by atoms with Gasteiger partial charge in [-0.2, -0.15) is 44.3 Å². The highest BCUT2D eigenvalue weighted by Gasteiger charge is 2.37. The molecule has 4 rings (SSSR count). The summed E-state index contributed by atoms with van der Waals surface area (Å²) in [7, 11) is 4.08. The van der Waals surface area contributed by atoms with E-state index < -0.39 is 53.9 Å². The molecule has 3 aromatic carbocycles. The molecular weight excluding hydrogens is 597 g/mol. The molecule has 0 amide bonds. The van der Waals surface area contributed by atoms with Crippen molar-refractivity contribution in [1.29, 1.82) is 0 Å². The maximum Gasteiger partial charge on any atom is 0.416 e. The minimum Gasteiger partial charge on any atom is -0.497 e. The van der Waals surface area contributed by atoms with Crippen LogP contribution >= 0.6 is 0 Å². The number of rotatable bonds is 8. The summed E-state index contributed by atoms with van der Waals surface area (Å²) >= 11 is 0. The van der Waals surface area contributed by atoms with Crippen molar-refractivity contribution in [2.24, 2.45) is 7.05 Å². The summed E-state index contributed by atoms with van der Waals surface area (Å²) in [6.07, 6.45) is -15.0. The second-order valence-corrected chi connectivity index (χ2v) is 9.28. The predicted molar refractivity (Wildman–Crippen MR) is 135 cm³/mol. The standard InChI is InChI=1S/C27H22F9N5O2/c1-40-38-24(37-39-40)41(13-15-8-18(26(31,32)33)11-19(9-15)27(34,35)36)14-16-10-17(25(28,29)30)4-6-21(16)22-12-20(42-2)5-7-23(22)43-3/h4-12H,13-14H2,1-3H3. The molecule has 0 saturated heterocycles. The average Bonchev–Trinajstić information content (AvgIpc) is 3.36. The van der Waals surface area contributed by atoms with Gasteiger partial charge in [-0.1, -0.05) is 11.2 Å². The van der Waals surface area contributed by atoms with Gasteiger partial charge in [-0.05, 0) is 70.4 Å². The lowest BCUT2D eigenvalue weighted by Gasteiger charge is -2.25. The van der Waals surface area contributed by atoms with E-state index in [1.807, 2.05) is 0 Å². The topological polar surface area (TPSA) is 65.3 Å². The Balaban J connectivity index is 1.89. The Hall–Kier alpha value is -4.50. The van der Waals surface area contributed by atoms with Crippen LogP contribution in [0.3, 0.4) is 0 Å². The fourth-order valence-corrected chi connectivity index (χ4v) is 4.32. The van der Waals surface area contributed by atoms with Crippen molar-refractivity contribution in [3.63, 3.8) is 0 Å². The number of hydrogen-bond donors (Lipinski definition) is 0. The number of halogens is 9. The first-order valence-electron chi connectivity index (χ1n) is 12.2. The molecule has 1 heterocycles. The van der Waals surface area contributed by atoms with Gasteiger partial charge in [0.2, 0.25) is 0 Å². The molecule has 43 heavy (non-hydrogen) atoms. The molecule has 0 spiro atoms. The lowest BCUT2D eigenvalue weighted by atomic mass is 9.95. The van der Waals surface area contributed by atoms with E-state index in [1.165, 1.54) is 39.5 Å². The molecule has 230 valence electrons. The molecule has 0 aliphatic carbocycles. The van der Waals surface area contributed by atoms with E-state index in [2.05, 4.69) is 15.4 Å². The van der Waals surface area contributed by atoms with Crippen LogP contribution < -0.4 is 14.4 Å². The van der Waals surface area contributed by atoms with Gasteiger partial charge in [0.05, 0.1) is 38.0 Å². The van der Waals surface area contributed by atoms with Crippen LogP contribution in [-0.2, 0) is 38.7 Å². The highest BCUT2D eigenvalue weighted by atomic mass is 19.4. The molecule has 0 aliphatic heterocycles. The van der Waals surface area contributed by atoms with Gasteiger partial charge in [0.1, 0.15) is 11.5 Å². The Morgan fingerprint density at radius 1 is 0.698 bits per heavy atom. The van der Waals surface area contributed by atoms with Crippen LogP contribution in [0.4, 0.5) is 45.5 Å². The van der Waals surface area contributed by atoms with E-state index in [0.717, 1.165) is 21.8 Å². The minimum absolute atomic E-state index is 0.0168. The SMILES string of the molecule is COc1ccc(OC)c(-c2ccc(C(F)(F)F)cc2CN(Cc2cc(C(F)(F)F)cc(C(F)(F)F)c2)c2nnn(C)n2)c1. The normalized spacial score (nSPS) is 12.4. The zero-order chi connectivity index (χ0) is 31.7. The first-order chi connectivity index (χ1) is 20.0. The first-order valence-corrected chi connectivity index (χ1v) is 12.2. The van der Waals surface area contributed by atoms with Crippen LogP contribution in [0.2, 0.25) is 0 Å². The lowest BCUT2D eigenvalue weighted by Crippen LogP contribution is -2.25. The third-order valence-corrected chi connectivity index (χ3v) is 6.29. The number of aromatic nitrogens is 4. The van der Waals surface area contributed by atoms with Gasteiger partial charge in [-0.3, -0.25) is 0 Å². The van der Waals surface area contributed by atoms with E-state index in [9.17, 15) is 39.5 Å². The molecule has 0 N–H and O–H groups in total. The number of aryl methyl sites for hydroxylation is 1. The number of alkyl halides is 9. The number of anilines is 1. The molecule has 4 aromatic rings. The Bertz CT molecular complexity index is 1560. The Kier molecular flexibility index (Phi) is 8.51. The number of ether oxygens (including phenoxy) is 2. The second-order valence-electron chi connectivity index (χ2n) is 9.28. The van der Waals surface area contributed by atoms with E-state index in [1.54, 1.807) is 6.07 Å². The number of nitrogens with zero attached hydrogens (tertiary/aromatic N) is 5.